The summed E-state index contributed by atoms with van der Waals surface area (Å²) in [4.78, 5) is 0.246. The van der Waals surface area contributed by atoms with Crippen LogP contribution in [0.5, 0.6) is 0 Å². The number of nitrogens with two attached hydrogens (primary N) is 1. The van der Waals surface area contributed by atoms with E-state index >= 15 is 0 Å². The Morgan fingerprint density at radius 2 is 1.85 bits per heavy atom. The van der Waals surface area contributed by atoms with Gasteiger partial charge < -0.3 is 11.2 Å². The maximum Gasteiger partial charge on any atom is 0.242 e. The molecule has 0 radical (unpaired) electrons. The minimum atomic E-state index is -3.44. The van der Waals surface area contributed by atoms with Crippen LogP contribution in [0.25, 0.3) is 0 Å². The molecule has 0 spiro atoms. The molecule has 0 aliphatic carbocycles. The topological polar surface area (TPSA) is 78.7 Å². The van der Waals surface area contributed by atoms with Crippen molar-refractivity contribution < 1.29 is 8.42 Å². The maximum absolute atomic E-state index is 12.1. The molecule has 0 amide bonds. The first kappa shape index (κ1) is 15.1. The number of sulfonamides is 1. The van der Waals surface area contributed by atoms with E-state index in [1.807, 2.05) is 0 Å². The van der Waals surface area contributed by atoms with E-state index in [0.717, 1.165) is 25.9 Å². The molecule has 1 aromatic carbocycles. The Bertz CT molecular complexity index is 566. The van der Waals surface area contributed by atoms with Crippen molar-refractivity contribution in [2.24, 2.45) is 0 Å². The van der Waals surface area contributed by atoms with Crippen molar-refractivity contribution in [3.8, 4) is 0 Å². The van der Waals surface area contributed by atoms with Crippen molar-refractivity contribution in [2.45, 2.75) is 24.2 Å². The average molecular weight is 298 g/mol. The Hall–Kier alpha value is -1.31. The van der Waals surface area contributed by atoms with Gasteiger partial charge in [0.25, 0.3) is 0 Å². The number of benzene rings is 1. The van der Waals surface area contributed by atoms with Crippen molar-refractivity contribution in [3.05, 3.63) is 18.2 Å². The van der Waals surface area contributed by atoms with Gasteiger partial charge in [-0.05, 0) is 31.0 Å². The zero-order chi connectivity index (χ0) is 14.8. The van der Waals surface area contributed by atoms with Gasteiger partial charge in [0.2, 0.25) is 10.0 Å². The van der Waals surface area contributed by atoms with Crippen molar-refractivity contribution in [3.63, 3.8) is 0 Å². The second-order valence-corrected chi connectivity index (χ2v) is 7.35. The predicted molar refractivity (Wildman–Crippen MR) is 80.8 cm³/mol. The fourth-order valence-electron chi connectivity index (χ4n) is 2.18. The third-order valence-electron chi connectivity index (χ3n) is 3.44. The summed E-state index contributed by atoms with van der Waals surface area (Å²) in [5.74, 6) is 0. The van der Waals surface area contributed by atoms with Crippen LogP contribution in [0.2, 0.25) is 0 Å². The molecule has 6 nitrogen and oxygen atoms in total. The zero-order valence-electron chi connectivity index (χ0n) is 12.0. The van der Waals surface area contributed by atoms with E-state index in [4.69, 9.17) is 5.73 Å². The summed E-state index contributed by atoms with van der Waals surface area (Å²) in [5.41, 5.74) is 10.4. The van der Waals surface area contributed by atoms with E-state index in [9.17, 15) is 8.42 Å². The number of hydrogen-bond acceptors (Lipinski definition) is 5. The van der Waals surface area contributed by atoms with Gasteiger partial charge in [0.05, 0.1) is 16.3 Å². The number of hydrogen-bond donors (Lipinski definition) is 2. The molecule has 1 aromatic rings. The SMILES string of the molecule is CN(C)S(=O)(=O)c1ccc(N)c(NN2CCCCC2)c1. The van der Waals surface area contributed by atoms with Crippen LogP contribution < -0.4 is 11.2 Å². The fourth-order valence-corrected chi connectivity index (χ4v) is 3.11. The molecule has 7 heteroatoms. The van der Waals surface area contributed by atoms with Gasteiger partial charge in [-0.25, -0.2) is 17.7 Å². The highest BCUT2D eigenvalue weighted by atomic mass is 32.2. The summed E-state index contributed by atoms with van der Waals surface area (Å²) in [5, 5.41) is 2.08. The van der Waals surface area contributed by atoms with Crippen molar-refractivity contribution in [1.82, 2.24) is 9.31 Å². The van der Waals surface area contributed by atoms with E-state index < -0.39 is 10.0 Å². The highest BCUT2D eigenvalue weighted by molar-refractivity contribution is 7.89. The Morgan fingerprint density at radius 1 is 1.20 bits per heavy atom. The summed E-state index contributed by atoms with van der Waals surface area (Å²) in [6.07, 6.45) is 3.52. The average Bonchev–Trinajstić information content (AvgIpc) is 2.42. The highest BCUT2D eigenvalue weighted by Gasteiger charge is 2.19. The number of piperidine rings is 1. The van der Waals surface area contributed by atoms with E-state index in [1.54, 1.807) is 12.1 Å². The number of hydrazine groups is 1. The van der Waals surface area contributed by atoms with Crippen LogP contribution in [0.1, 0.15) is 19.3 Å². The van der Waals surface area contributed by atoms with Gasteiger partial charge in [-0.1, -0.05) is 6.42 Å². The van der Waals surface area contributed by atoms with Crippen molar-refractivity contribution >= 4 is 21.4 Å². The lowest BCUT2D eigenvalue weighted by atomic mass is 10.2. The molecule has 0 atom stereocenters. The van der Waals surface area contributed by atoms with Crippen LogP contribution in [-0.2, 0) is 10.0 Å². The highest BCUT2D eigenvalue weighted by Crippen LogP contribution is 2.25. The largest absolute Gasteiger partial charge is 0.397 e. The third-order valence-corrected chi connectivity index (χ3v) is 5.25. The number of nitrogens with one attached hydrogen (secondary N) is 1. The lowest BCUT2D eigenvalue weighted by molar-refractivity contribution is 0.273. The molecule has 112 valence electrons. The summed E-state index contributed by atoms with van der Waals surface area (Å²) >= 11 is 0. The summed E-state index contributed by atoms with van der Waals surface area (Å²) in [7, 11) is -0.403. The van der Waals surface area contributed by atoms with E-state index in [1.165, 1.54) is 30.9 Å². The van der Waals surface area contributed by atoms with Crippen LogP contribution in [0.15, 0.2) is 23.1 Å². The number of rotatable bonds is 4. The molecule has 1 aliphatic rings. The third kappa shape index (κ3) is 3.23. The molecule has 1 aliphatic heterocycles. The minimum absolute atomic E-state index is 0.246. The van der Waals surface area contributed by atoms with Gasteiger partial charge in [0, 0.05) is 27.2 Å². The molecule has 2 rings (SSSR count). The predicted octanol–water partition coefficient (Wildman–Crippen LogP) is 1.33. The van der Waals surface area contributed by atoms with Crippen molar-refractivity contribution in [1.29, 1.82) is 0 Å². The van der Waals surface area contributed by atoms with Gasteiger partial charge in [0.15, 0.2) is 0 Å². The molecule has 1 saturated heterocycles. The quantitative estimate of drug-likeness (QED) is 0.820. The Labute approximate surface area is 120 Å². The summed E-state index contributed by atoms with van der Waals surface area (Å²) < 4.78 is 25.5. The van der Waals surface area contributed by atoms with Crippen LogP contribution in [-0.4, -0.2) is 44.9 Å². The van der Waals surface area contributed by atoms with Gasteiger partial charge >= 0.3 is 0 Å². The summed E-state index contributed by atoms with van der Waals surface area (Å²) in [6, 6.07) is 4.76. The van der Waals surface area contributed by atoms with Crippen LogP contribution in [0.3, 0.4) is 0 Å². The molecule has 1 heterocycles. The van der Waals surface area contributed by atoms with Gasteiger partial charge in [0.1, 0.15) is 0 Å². The number of anilines is 2. The normalized spacial score (nSPS) is 17.4. The Balaban J connectivity index is 2.25. The van der Waals surface area contributed by atoms with Crippen LogP contribution >= 0.6 is 0 Å². The first-order valence-electron chi connectivity index (χ1n) is 6.75. The van der Waals surface area contributed by atoms with Gasteiger partial charge in [-0.3, -0.25) is 0 Å². The Morgan fingerprint density at radius 3 is 2.45 bits per heavy atom. The molecular weight excluding hydrogens is 276 g/mol. The van der Waals surface area contributed by atoms with Crippen molar-refractivity contribution in [2.75, 3.05) is 38.3 Å². The standard InChI is InChI=1S/C13H22N4O2S/c1-16(2)20(18,19)11-6-7-12(14)13(10-11)15-17-8-4-3-5-9-17/h6-7,10,15H,3-5,8-9,14H2,1-2H3. The molecule has 1 fully saturated rings. The zero-order valence-corrected chi connectivity index (χ0v) is 12.8. The van der Waals surface area contributed by atoms with E-state index in [0.29, 0.717) is 11.4 Å². The molecule has 20 heavy (non-hydrogen) atoms. The smallest absolute Gasteiger partial charge is 0.242 e. The monoisotopic (exact) mass is 298 g/mol. The fraction of sp³-hybridized carbons (Fsp3) is 0.538. The molecule has 0 bridgehead atoms. The second kappa shape index (κ2) is 5.99. The van der Waals surface area contributed by atoms with E-state index in [-0.39, 0.29) is 4.90 Å². The molecule has 0 aromatic heterocycles. The Kier molecular flexibility index (Phi) is 4.52. The summed E-state index contributed by atoms with van der Waals surface area (Å²) in [6.45, 7) is 1.90. The maximum atomic E-state index is 12.1. The molecule has 3 N–H and O–H groups in total. The lowest BCUT2D eigenvalue weighted by Gasteiger charge is -2.28. The van der Waals surface area contributed by atoms with Gasteiger partial charge in [-0.15, -0.1) is 0 Å². The van der Waals surface area contributed by atoms with E-state index in [2.05, 4.69) is 10.4 Å². The first-order valence-corrected chi connectivity index (χ1v) is 8.19. The first-order chi connectivity index (χ1) is 9.41. The molecule has 0 unspecified atom stereocenters. The number of nitrogens with zero attached hydrogens (tertiary/aromatic N) is 2. The molecular formula is C13H22N4O2S. The number of nitrogen functional groups attached to an aromatic ring is 1. The molecule has 0 saturated carbocycles. The van der Waals surface area contributed by atoms with Crippen LogP contribution in [0.4, 0.5) is 11.4 Å². The second-order valence-electron chi connectivity index (χ2n) is 5.20. The minimum Gasteiger partial charge on any atom is -0.397 e. The lowest BCUT2D eigenvalue weighted by Crippen LogP contribution is -2.35. The van der Waals surface area contributed by atoms with Gasteiger partial charge in [-0.2, -0.15) is 0 Å². The van der Waals surface area contributed by atoms with Crippen LogP contribution in [0, 0.1) is 0 Å².